The van der Waals surface area contributed by atoms with Crippen molar-refractivity contribution in [2.75, 3.05) is 14.1 Å². The van der Waals surface area contributed by atoms with Gasteiger partial charge in [-0.1, -0.05) is 25.1 Å². The number of benzene rings is 1. The van der Waals surface area contributed by atoms with Crippen LogP contribution < -0.4 is 0 Å². The van der Waals surface area contributed by atoms with Crippen molar-refractivity contribution in [3.63, 3.8) is 0 Å². The summed E-state index contributed by atoms with van der Waals surface area (Å²) in [6.45, 7) is 2.41. The first kappa shape index (κ1) is 23.5. The first-order valence-corrected chi connectivity index (χ1v) is 13.8. The summed E-state index contributed by atoms with van der Waals surface area (Å²) in [5.74, 6) is 0.153. The van der Waals surface area contributed by atoms with E-state index in [0.29, 0.717) is 6.42 Å². The third kappa shape index (κ3) is 2.83. The molecule has 2 saturated carbocycles. The van der Waals surface area contributed by atoms with Crippen LogP contribution in [0.15, 0.2) is 36.5 Å². The van der Waals surface area contributed by atoms with Gasteiger partial charge in [0.2, 0.25) is 0 Å². The molecule has 2 saturated heterocycles. The van der Waals surface area contributed by atoms with E-state index in [-0.39, 0.29) is 23.3 Å². The minimum atomic E-state index is -0.817. The summed E-state index contributed by atoms with van der Waals surface area (Å²) in [6, 6.07) is 8.42. The molecule has 2 bridgehead atoms. The maximum absolute atomic E-state index is 11.3. The zero-order valence-corrected chi connectivity index (χ0v) is 22.1. The quantitative estimate of drug-likeness (QED) is 0.591. The molecule has 7 rings (SSSR count). The van der Waals surface area contributed by atoms with Gasteiger partial charge in [0.1, 0.15) is 0 Å². The van der Waals surface area contributed by atoms with E-state index in [9.17, 15) is 10.2 Å². The molecule has 36 heavy (non-hydrogen) atoms. The third-order valence-electron chi connectivity index (χ3n) is 11.0. The summed E-state index contributed by atoms with van der Waals surface area (Å²) >= 11 is 7.62. The Hall–Kier alpha value is -1.57. The molecule has 6 nitrogen and oxygen atoms in total. The smallest absolute Gasteiger partial charge is 0.0958 e. The Kier molecular flexibility index (Phi) is 4.91. The Morgan fingerprint density at radius 1 is 1.06 bits per heavy atom. The van der Waals surface area contributed by atoms with Crippen molar-refractivity contribution < 1.29 is 14.9 Å². The molecule has 3 unspecified atom stereocenters. The number of fused-ring (bicyclic) bond motifs is 2. The van der Waals surface area contributed by atoms with E-state index >= 15 is 0 Å². The zero-order valence-electron chi connectivity index (χ0n) is 21.3. The molecule has 0 radical (unpaired) electrons. The van der Waals surface area contributed by atoms with E-state index in [1.54, 1.807) is 6.20 Å². The van der Waals surface area contributed by atoms with E-state index in [1.807, 2.05) is 25.1 Å². The highest BCUT2D eigenvalue weighted by Gasteiger charge is 2.76. The van der Waals surface area contributed by atoms with Gasteiger partial charge >= 0.3 is 0 Å². The topological polar surface area (TPSA) is 78.7 Å². The summed E-state index contributed by atoms with van der Waals surface area (Å²) in [5, 5.41) is 31.8. The van der Waals surface area contributed by atoms with Gasteiger partial charge < -0.3 is 19.8 Å². The zero-order chi connectivity index (χ0) is 25.1. The first-order chi connectivity index (χ1) is 17.1. The molecule has 4 fully saturated rings. The second kappa shape index (κ2) is 7.51. The summed E-state index contributed by atoms with van der Waals surface area (Å²) in [4.78, 5) is 1.52. The lowest BCUT2D eigenvalue weighted by atomic mass is 9.52. The molecule has 2 spiro atoms. The van der Waals surface area contributed by atoms with E-state index in [0.717, 1.165) is 49.4 Å². The summed E-state index contributed by atoms with van der Waals surface area (Å²) in [7, 11) is 3.96. The Bertz CT molecular complexity index is 1270. The van der Waals surface area contributed by atoms with Crippen molar-refractivity contribution in [1.29, 1.82) is 0 Å². The van der Waals surface area contributed by atoms with Crippen molar-refractivity contribution in [2.45, 2.75) is 86.2 Å². The van der Waals surface area contributed by atoms with Crippen LogP contribution in [0, 0.1) is 17.3 Å². The van der Waals surface area contributed by atoms with Crippen molar-refractivity contribution >= 4 is 28.1 Å². The fourth-order valence-electron chi connectivity index (χ4n) is 9.16. The van der Waals surface area contributed by atoms with Crippen LogP contribution in [0.25, 0.3) is 16.5 Å². The van der Waals surface area contributed by atoms with Crippen LogP contribution >= 0.6 is 11.6 Å². The third-order valence-corrected chi connectivity index (χ3v) is 11.7. The second-order valence-corrected chi connectivity index (χ2v) is 13.4. The van der Waals surface area contributed by atoms with Crippen molar-refractivity contribution in [3.05, 3.63) is 42.1 Å². The van der Waals surface area contributed by atoms with Gasteiger partial charge in [-0.25, -0.2) is 0 Å². The van der Waals surface area contributed by atoms with Crippen molar-refractivity contribution in [2.24, 2.45) is 17.3 Å². The number of nitrogens with zero attached hydrogens (tertiary/aromatic N) is 3. The monoisotopic (exact) mass is 509 g/mol. The number of halogens is 1. The molecule has 9 atom stereocenters. The van der Waals surface area contributed by atoms with Gasteiger partial charge in [-0.3, -0.25) is 0 Å². The highest BCUT2D eigenvalue weighted by molar-refractivity contribution is 6.25. The van der Waals surface area contributed by atoms with Gasteiger partial charge in [-0.2, -0.15) is 10.2 Å². The Balaban J connectivity index is 1.27. The predicted molar refractivity (Wildman–Crippen MR) is 140 cm³/mol. The number of rotatable bonds is 2. The normalized spacial score (nSPS) is 47.4. The van der Waals surface area contributed by atoms with Crippen LogP contribution in [-0.2, 0) is 4.74 Å². The van der Waals surface area contributed by atoms with Crippen LogP contribution in [-0.4, -0.2) is 73.7 Å². The van der Waals surface area contributed by atoms with Crippen molar-refractivity contribution in [3.8, 4) is 0 Å². The minimum absolute atomic E-state index is 0.0413. The largest absolute Gasteiger partial charge is 0.390 e. The maximum atomic E-state index is 11.3. The number of likely N-dealkylation sites (N-methyl/N-ethyl adjacent to an activating group) is 1. The molecular weight excluding hydrogens is 474 g/mol. The van der Waals surface area contributed by atoms with Gasteiger partial charge in [0.25, 0.3) is 0 Å². The predicted octanol–water partition coefficient (Wildman–Crippen LogP) is 4.17. The molecule has 3 heterocycles. The van der Waals surface area contributed by atoms with Gasteiger partial charge in [0.15, 0.2) is 0 Å². The highest BCUT2D eigenvalue weighted by atomic mass is 35.5. The van der Waals surface area contributed by atoms with Crippen LogP contribution in [0.4, 0.5) is 0 Å². The van der Waals surface area contributed by atoms with Gasteiger partial charge in [0, 0.05) is 23.3 Å². The van der Waals surface area contributed by atoms with Crippen LogP contribution in [0.2, 0.25) is 0 Å². The molecule has 0 amide bonds. The van der Waals surface area contributed by atoms with Crippen LogP contribution in [0.5, 0.6) is 0 Å². The average molecular weight is 510 g/mol. The Morgan fingerprint density at radius 3 is 2.69 bits per heavy atom. The molecule has 192 valence electrons. The minimum Gasteiger partial charge on any atom is -0.390 e. The van der Waals surface area contributed by atoms with Gasteiger partial charge in [-0.15, -0.1) is 11.6 Å². The molecule has 2 aliphatic heterocycles. The highest BCUT2D eigenvalue weighted by Crippen LogP contribution is 2.73. The van der Waals surface area contributed by atoms with E-state index in [4.69, 9.17) is 16.3 Å². The number of alkyl halides is 1. The van der Waals surface area contributed by atoms with Crippen molar-refractivity contribution in [1.82, 2.24) is 15.1 Å². The van der Waals surface area contributed by atoms with Crippen LogP contribution in [0.3, 0.4) is 0 Å². The lowest BCUT2D eigenvalue weighted by molar-refractivity contribution is -0.276. The first-order valence-electron chi connectivity index (χ1n) is 13.5. The molecular formula is C29H36ClN3O3. The van der Waals surface area contributed by atoms with Crippen LogP contribution in [0.1, 0.15) is 57.4 Å². The fraction of sp³-hybridized carbons (Fsp3) is 0.655. The summed E-state index contributed by atoms with van der Waals surface area (Å²) in [6.07, 6.45) is 8.59. The molecule has 7 heteroatoms. The summed E-state index contributed by atoms with van der Waals surface area (Å²) in [5.41, 5.74) is 2.63. The molecule has 5 aliphatic rings. The number of hydrogen-bond donors (Lipinski definition) is 2. The fourth-order valence-corrected chi connectivity index (χ4v) is 9.68. The average Bonchev–Trinajstić information content (AvgIpc) is 3.39. The van der Waals surface area contributed by atoms with Gasteiger partial charge in [0.05, 0.1) is 40.0 Å². The van der Waals surface area contributed by atoms with E-state index in [1.165, 1.54) is 11.1 Å². The SMILES string of the molecule is CN(C)[C@H]1C[C@@]23CC[C@]4(O2)C2CC=C(c5ccc6ccnnc6c5)[C@@]2(C)CCC4(Cl)CC3[C@@H](O)[C@@H]1O. The van der Waals surface area contributed by atoms with E-state index < -0.39 is 28.3 Å². The molecule has 2 aromatic rings. The number of hydrogen-bond acceptors (Lipinski definition) is 6. The van der Waals surface area contributed by atoms with Gasteiger partial charge in [-0.05, 0) is 87.7 Å². The number of ether oxygens (including phenoxy) is 1. The number of aromatic nitrogens is 2. The number of aliphatic hydroxyl groups excluding tert-OH is 2. The number of allylic oxidation sites excluding steroid dienone is 2. The maximum Gasteiger partial charge on any atom is 0.0958 e. The number of aliphatic hydroxyl groups is 2. The molecule has 1 aromatic heterocycles. The standard InChI is InChI=1S/C29H36ClN3O3/c1-26-9-11-28(30)15-20-24(34)25(35)22(33(2)3)16-27(20)10-12-29(28,36-27)23(26)7-6-19(26)18-5-4-17-8-13-31-32-21(17)14-18/h4-6,8,13-14,20,22-25,34-35H,7,9-12,15-16H2,1-3H3/t20?,22-,23?,24+,25+,26+,27+,28?,29-/m0/s1. The second-order valence-electron chi connectivity index (χ2n) is 12.7. The van der Waals surface area contributed by atoms with E-state index in [2.05, 4.69) is 41.4 Å². The molecule has 3 aliphatic carbocycles. The lowest BCUT2D eigenvalue weighted by Crippen LogP contribution is -2.72. The summed E-state index contributed by atoms with van der Waals surface area (Å²) < 4.78 is 7.33. The Labute approximate surface area is 217 Å². The lowest BCUT2D eigenvalue weighted by Gasteiger charge is -2.65. The molecule has 1 aromatic carbocycles. The molecule has 2 N–H and O–H groups in total. The Morgan fingerprint density at radius 2 is 1.89 bits per heavy atom.